The number of amides is 1. The zero-order valence-corrected chi connectivity index (χ0v) is 19.0. The number of pyridine rings is 1. The first kappa shape index (κ1) is 22.4. The quantitative estimate of drug-likeness (QED) is 0.373. The molecular formula is C24H20F3N7O2. The molecule has 2 saturated heterocycles. The van der Waals surface area contributed by atoms with Gasteiger partial charge < -0.3 is 20.4 Å². The summed E-state index contributed by atoms with van der Waals surface area (Å²) < 4.78 is 45.3. The maximum absolute atomic E-state index is 13.3. The SMILES string of the molecule is Cc1ccc(NC(=O)C23CC(C(F)(F)F)(CO2)C3)cc1Nc1ncccc1-c1ncnc2[nH]cnc12. The van der Waals surface area contributed by atoms with Crippen molar-refractivity contribution in [3.05, 3.63) is 54.7 Å². The zero-order valence-electron chi connectivity index (χ0n) is 19.0. The normalized spacial score (nSPS) is 22.9. The molecule has 1 saturated carbocycles. The fourth-order valence-corrected chi connectivity index (χ4v) is 4.89. The number of ether oxygens (including phenoxy) is 1. The van der Waals surface area contributed by atoms with E-state index in [0.29, 0.717) is 39.6 Å². The molecule has 0 unspecified atom stereocenters. The molecule has 2 bridgehead atoms. The highest BCUT2D eigenvalue weighted by atomic mass is 19.4. The van der Waals surface area contributed by atoms with E-state index in [2.05, 4.69) is 35.6 Å². The minimum absolute atomic E-state index is 0.357. The topological polar surface area (TPSA) is 118 Å². The van der Waals surface area contributed by atoms with Gasteiger partial charge in [-0.15, -0.1) is 0 Å². The number of hydrogen-bond acceptors (Lipinski definition) is 7. The second-order valence-electron chi connectivity index (χ2n) is 9.25. The Kier molecular flexibility index (Phi) is 4.80. The summed E-state index contributed by atoms with van der Waals surface area (Å²) in [5.41, 5.74) is 1.07. The monoisotopic (exact) mass is 495 g/mol. The van der Waals surface area contributed by atoms with E-state index in [4.69, 9.17) is 4.74 Å². The number of aromatic nitrogens is 5. The highest BCUT2D eigenvalue weighted by molar-refractivity contribution is 5.99. The van der Waals surface area contributed by atoms with Crippen LogP contribution in [-0.4, -0.2) is 49.2 Å². The van der Waals surface area contributed by atoms with Crippen molar-refractivity contribution in [3.63, 3.8) is 0 Å². The number of carbonyl (C=O) groups excluding carboxylic acids is 1. The number of nitrogens with one attached hydrogen (secondary N) is 3. The summed E-state index contributed by atoms with van der Waals surface area (Å²) in [4.78, 5) is 33.2. The van der Waals surface area contributed by atoms with E-state index in [0.717, 1.165) is 5.56 Å². The highest BCUT2D eigenvalue weighted by Gasteiger charge is 2.76. The maximum Gasteiger partial charge on any atom is 0.396 e. The van der Waals surface area contributed by atoms with Gasteiger partial charge in [-0.25, -0.2) is 19.9 Å². The molecule has 3 aliphatic rings. The molecule has 7 rings (SSSR count). The molecule has 3 N–H and O–H groups in total. The number of H-pyrrole nitrogens is 1. The van der Waals surface area contributed by atoms with Crippen LogP contribution in [-0.2, 0) is 9.53 Å². The molecule has 0 spiro atoms. The van der Waals surface area contributed by atoms with Crippen LogP contribution in [0.1, 0.15) is 18.4 Å². The van der Waals surface area contributed by atoms with Crippen LogP contribution in [0.15, 0.2) is 49.2 Å². The Morgan fingerprint density at radius 3 is 2.75 bits per heavy atom. The molecule has 1 aliphatic carbocycles. The third-order valence-corrected chi connectivity index (χ3v) is 6.92. The Bertz CT molecular complexity index is 1490. The van der Waals surface area contributed by atoms with E-state index in [-0.39, 0.29) is 12.8 Å². The summed E-state index contributed by atoms with van der Waals surface area (Å²) in [5.74, 6) is -0.0612. The number of benzene rings is 1. The van der Waals surface area contributed by atoms with E-state index in [1.807, 2.05) is 13.0 Å². The first-order valence-corrected chi connectivity index (χ1v) is 11.2. The summed E-state index contributed by atoms with van der Waals surface area (Å²) in [6.45, 7) is 1.40. The van der Waals surface area contributed by atoms with Crippen LogP contribution in [0.5, 0.6) is 0 Å². The average Bonchev–Trinajstić information content (AvgIpc) is 3.55. The van der Waals surface area contributed by atoms with Gasteiger partial charge in [-0.2, -0.15) is 13.2 Å². The fraction of sp³-hybridized carbons (Fsp3) is 0.292. The molecule has 4 aromatic rings. The molecule has 3 fully saturated rings. The molecule has 0 radical (unpaired) electrons. The summed E-state index contributed by atoms with van der Waals surface area (Å²) in [6, 6.07) is 8.83. The molecular weight excluding hydrogens is 475 g/mol. The van der Waals surface area contributed by atoms with Gasteiger partial charge in [0.15, 0.2) is 5.65 Å². The van der Waals surface area contributed by atoms with Crippen LogP contribution in [0.2, 0.25) is 0 Å². The number of rotatable bonds is 5. The highest BCUT2D eigenvalue weighted by Crippen LogP contribution is 2.65. The number of alkyl halides is 3. The van der Waals surface area contributed by atoms with Crippen LogP contribution in [0.4, 0.5) is 30.4 Å². The Morgan fingerprint density at radius 1 is 1.14 bits per heavy atom. The lowest BCUT2D eigenvalue weighted by molar-refractivity contribution is -0.241. The third-order valence-electron chi connectivity index (χ3n) is 6.92. The van der Waals surface area contributed by atoms with Crippen molar-refractivity contribution >= 4 is 34.3 Å². The van der Waals surface area contributed by atoms with E-state index < -0.39 is 29.7 Å². The van der Waals surface area contributed by atoms with E-state index in [1.54, 1.807) is 30.5 Å². The molecule has 12 heteroatoms. The van der Waals surface area contributed by atoms with Crippen LogP contribution in [0, 0.1) is 12.3 Å². The maximum atomic E-state index is 13.3. The lowest BCUT2D eigenvalue weighted by atomic mass is 9.61. The summed E-state index contributed by atoms with van der Waals surface area (Å²) >= 11 is 0. The number of anilines is 3. The second kappa shape index (κ2) is 7.72. The Hall–Kier alpha value is -4.06. The van der Waals surface area contributed by atoms with E-state index in [1.165, 1.54) is 12.7 Å². The van der Waals surface area contributed by atoms with Gasteiger partial charge in [-0.05, 0) is 36.8 Å². The van der Waals surface area contributed by atoms with Gasteiger partial charge in [0, 0.05) is 36.0 Å². The number of halogens is 3. The summed E-state index contributed by atoms with van der Waals surface area (Å²) in [5, 5.41) is 6.01. The predicted molar refractivity (Wildman–Crippen MR) is 124 cm³/mol. The van der Waals surface area contributed by atoms with Crippen LogP contribution in [0.25, 0.3) is 22.4 Å². The van der Waals surface area contributed by atoms with E-state index >= 15 is 0 Å². The largest absolute Gasteiger partial charge is 0.396 e. The first-order chi connectivity index (χ1) is 17.2. The Labute approximate surface area is 202 Å². The molecule has 1 amide bonds. The van der Waals surface area contributed by atoms with Gasteiger partial charge in [0.1, 0.15) is 29.0 Å². The van der Waals surface area contributed by atoms with Gasteiger partial charge in [-0.1, -0.05) is 6.07 Å². The van der Waals surface area contributed by atoms with Crippen molar-refractivity contribution in [2.24, 2.45) is 5.41 Å². The van der Waals surface area contributed by atoms with Crippen LogP contribution < -0.4 is 10.6 Å². The molecule has 1 aromatic carbocycles. The fourth-order valence-electron chi connectivity index (χ4n) is 4.89. The minimum atomic E-state index is -4.39. The van der Waals surface area contributed by atoms with Gasteiger partial charge in [0.2, 0.25) is 0 Å². The van der Waals surface area contributed by atoms with Crippen LogP contribution >= 0.6 is 0 Å². The molecule has 2 aliphatic heterocycles. The van der Waals surface area contributed by atoms with Crippen molar-refractivity contribution in [2.45, 2.75) is 31.5 Å². The van der Waals surface area contributed by atoms with Gasteiger partial charge in [0.05, 0.1) is 18.3 Å². The van der Waals surface area contributed by atoms with Crippen molar-refractivity contribution < 1.29 is 22.7 Å². The predicted octanol–water partition coefficient (Wildman–Crippen LogP) is 4.52. The minimum Gasteiger partial charge on any atom is -0.364 e. The van der Waals surface area contributed by atoms with Crippen molar-refractivity contribution in [2.75, 3.05) is 17.2 Å². The third kappa shape index (κ3) is 3.40. The van der Waals surface area contributed by atoms with Gasteiger partial charge >= 0.3 is 6.18 Å². The standard InChI is InChI=1S/C24H20F3N7O2/c1-13-4-5-14(33-21(35)23-8-22(9-23,10-36-23)24(25,26)27)7-16(13)34-19-15(3-2-6-28-19)17-18-20(31-11-29-17)32-12-30-18/h2-7,11-12H,8-10H2,1H3,(H,28,34)(H,33,35)(H,29,30,31,32). The second-order valence-corrected chi connectivity index (χ2v) is 9.25. The average molecular weight is 495 g/mol. The number of imidazole rings is 1. The number of carbonyl (C=O) groups is 1. The van der Waals surface area contributed by atoms with Crippen molar-refractivity contribution in [1.29, 1.82) is 0 Å². The van der Waals surface area contributed by atoms with Crippen molar-refractivity contribution in [1.82, 2.24) is 24.9 Å². The number of hydrogen-bond donors (Lipinski definition) is 3. The van der Waals surface area contributed by atoms with Crippen molar-refractivity contribution in [3.8, 4) is 11.3 Å². The molecule has 9 nitrogen and oxygen atoms in total. The first-order valence-electron chi connectivity index (χ1n) is 11.2. The molecule has 184 valence electrons. The zero-order chi connectivity index (χ0) is 25.1. The summed E-state index contributed by atoms with van der Waals surface area (Å²) in [7, 11) is 0. The van der Waals surface area contributed by atoms with Gasteiger partial charge in [-0.3, -0.25) is 4.79 Å². The Morgan fingerprint density at radius 2 is 1.97 bits per heavy atom. The number of fused-ring (bicyclic) bond motifs is 2. The number of aryl methyl sites for hydroxylation is 1. The molecule has 36 heavy (non-hydrogen) atoms. The molecule has 0 atom stereocenters. The Balaban J connectivity index is 1.25. The smallest absolute Gasteiger partial charge is 0.364 e. The summed E-state index contributed by atoms with van der Waals surface area (Å²) in [6.07, 6.45) is -0.493. The molecule has 5 heterocycles. The lowest BCUT2D eigenvalue weighted by Gasteiger charge is -2.43. The number of nitrogens with zero attached hydrogens (tertiary/aromatic N) is 4. The lowest BCUT2D eigenvalue weighted by Crippen LogP contribution is -2.57. The molecule has 3 aromatic heterocycles. The number of aromatic amines is 1. The van der Waals surface area contributed by atoms with Gasteiger partial charge in [0.25, 0.3) is 5.91 Å². The van der Waals surface area contributed by atoms with E-state index in [9.17, 15) is 18.0 Å². The van der Waals surface area contributed by atoms with Crippen LogP contribution in [0.3, 0.4) is 0 Å².